The molecule has 16 nitrogen and oxygen atoms in total. The lowest BCUT2D eigenvalue weighted by molar-refractivity contribution is -0.143. The highest BCUT2D eigenvalue weighted by molar-refractivity contribution is 7.13. The first kappa shape index (κ1) is 58.0. The Hall–Kier alpha value is -7.18. The summed E-state index contributed by atoms with van der Waals surface area (Å²) in [7, 11) is 0. The van der Waals surface area contributed by atoms with Crippen LogP contribution in [0.1, 0.15) is 99.6 Å². The maximum atomic E-state index is 14.7. The summed E-state index contributed by atoms with van der Waals surface area (Å²) < 4.78 is 71.3. The molecule has 2 saturated heterocycles. The Bertz CT molecular complexity index is 3110. The van der Waals surface area contributed by atoms with E-state index in [1.54, 1.807) is 45.6 Å². The van der Waals surface area contributed by atoms with Crippen LogP contribution in [0.2, 0.25) is 0 Å². The molecule has 418 valence electrons. The number of ketones is 1. The van der Waals surface area contributed by atoms with Crippen molar-refractivity contribution in [2.45, 2.75) is 117 Å². The number of hydrogen-bond donors (Lipinski definition) is 0. The fourth-order valence-electron chi connectivity index (χ4n) is 10.3. The number of fused-ring (bicyclic) bond motifs is 1. The SMILES string of the molecule is Cc1ncsc1-c1ccc(CCC(=O)C2C[C@@H](OC(C)(C)C)CN2C(=O)[C@H](C(C)C)N2Cc3ccccc3C2=O)c(OCCOCCOCCOc2ccc(N3C(=O)N(c4ccc(C#N)c(C(F)(F)F)c4)C(=O)C3(C)C)cc2)c1. The predicted molar refractivity (Wildman–Crippen MR) is 290 cm³/mol. The van der Waals surface area contributed by atoms with Gasteiger partial charge in [0, 0.05) is 37.2 Å². The maximum absolute atomic E-state index is 14.7. The van der Waals surface area contributed by atoms with E-state index in [9.17, 15) is 42.4 Å². The first-order valence-electron chi connectivity index (χ1n) is 26.2. The Morgan fingerprint density at radius 2 is 1.54 bits per heavy atom. The molecular formula is C59H65F3N6O10S. The summed E-state index contributed by atoms with van der Waals surface area (Å²) in [5, 5.41) is 9.20. The summed E-state index contributed by atoms with van der Waals surface area (Å²) in [5.74, 6) is -0.455. The van der Waals surface area contributed by atoms with Crippen LogP contribution in [0.15, 0.2) is 90.4 Å². The van der Waals surface area contributed by atoms with Gasteiger partial charge >= 0.3 is 12.2 Å². The van der Waals surface area contributed by atoms with Crippen LogP contribution >= 0.6 is 11.3 Å². The molecule has 0 radical (unpaired) electrons. The van der Waals surface area contributed by atoms with Crippen molar-refractivity contribution >= 4 is 52.2 Å². The minimum atomic E-state index is -4.88. The second-order valence-corrected chi connectivity index (χ2v) is 22.4. The number of aromatic nitrogens is 1. The summed E-state index contributed by atoms with van der Waals surface area (Å²) in [6.45, 7) is 16.6. The lowest BCUT2D eigenvalue weighted by Crippen LogP contribution is -2.54. The second-order valence-electron chi connectivity index (χ2n) is 21.5. The number of nitriles is 1. The van der Waals surface area contributed by atoms with Gasteiger partial charge in [-0.1, -0.05) is 44.2 Å². The lowest BCUT2D eigenvalue weighted by atomic mass is 9.97. The number of urea groups is 1. The molecule has 4 aromatic carbocycles. The number of aryl methyl sites for hydroxylation is 2. The summed E-state index contributed by atoms with van der Waals surface area (Å²) in [5.41, 5.74) is 2.05. The third kappa shape index (κ3) is 13.0. The molecular weight excluding hydrogens is 1040 g/mol. The molecule has 1 unspecified atom stereocenters. The van der Waals surface area contributed by atoms with E-state index >= 15 is 0 Å². The average molecular weight is 1110 g/mol. The molecule has 2 fully saturated rings. The summed E-state index contributed by atoms with van der Waals surface area (Å²) in [4.78, 5) is 80.5. The monoisotopic (exact) mass is 1110 g/mol. The first-order valence-corrected chi connectivity index (χ1v) is 27.1. The van der Waals surface area contributed by atoms with Gasteiger partial charge in [-0.25, -0.2) is 14.7 Å². The Morgan fingerprint density at radius 1 is 0.873 bits per heavy atom. The van der Waals surface area contributed by atoms with Gasteiger partial charge < -0.3 is 33.5 Å². The van der Waals surface area contributed by atoms with Gasteiger partial charge in [0.25, 0.3) is 11.8 Å². The van der Waals surface area contributed by atoms with Crippen LogP contribution in [-0.2, 0) is 47.7 Å². The van der Waals surface area contributed by atoms with Crippen LogP contribution in [0, 0.1) is 24.2 Å². The molecule has 3 atom stereocenters. The van der Waals surface area contributed by atoms with Gasteiger partial charge in [-0.2, -0.15) is 18.4 Å². The van der Waals surface area contributed by atoms with Crippen molar-refractivity contribution in [2.24, 2.45) is 5.92 Å². The third-order valence-corrected chi connectivity index (χ3v) is 15.0. The van der Waals surface area contributed by atoms with E-state index in [1.807, 2.05) is 77.9 Å². The molecule has 0 N–H and O–H groups in total. The number of ether oxygens (including phenoxy) is 5. The molecule has 0 spiro atoms. The summed E-state index contributed by atoms with van der Waals surface area (Å²) >= 11 is 1.52. The van der Waals surface area contributed by atoms with Crippen LogP contribution in [-0.4, -0.2) is 120 Å². The Balaban J connectivity index is 0.821. The number of nitrogens with zero attached hydrogens (tertiary/aromatic N) is 6. The van der Waals surface area contributed by atoms with Gasteiger partial charge in [0.05, 0.1) is 83.1 Å². The number of amides is 5. The number of imide groups is 1. The van der Waals surface area contributed by atoms with Gasteiger partial charge in [-0.15, -0.1) is 11.3 Å². The average Bonchev–Trinajstić information content (AvgIpc) is 4.30. The molecule has 3 aliphatic heterocycles. The van der Waals surface area contributed by atoms with Gasteiger partial charge in [0.1, 0.15) is 36.3 Å². The van der Waals surface area contributed by atoms with Crippen LogP contribution in [0.25, 0.3) is 10.4 Å². The van der Waals surface area contributed by atoms with Gasteiger partial charge in [-0.05, 0) is 125 Å². The van der Waals surface area contributed by atoms with Crippen molar-refractivity contribution in [1.29, 1.82) is 5.26 Å². The largest absolute Gasteiger partial charge is 0.491 e. The predicted octanol–water partition coefficient (Wildman–Crippen LogP) is 10.2. The van der Waals surface area contributed by atoms with Crippen molar-refractivity contribution in [3.63, 3.8) is 0 Å². The Kier molecular flexibility index (Phi) is 17.6. The number of rotatable bonds is 22. The van der Waals surface area contributed by atoms with Crippen LogP contribution < -0.4 is 19.3 Å². The molecule has 20 heteroatoms. The second kappa shape index (κ2) is 24.0. The van der Waals surface area contributed by atoms with Crippen molar-refractivity contribution in [3.8, 4) is 28.0 Å². The number of carbonyl (C=O) groups excluding carboxylic acids is 5. The van der Waals surface area contributed by atoms with Crippen molar-refractivity contribution < 1.29 is 60.8 Å². The van der Waals surface area contributed by atoms with Crippen LogP contribution in [0.4, 0.5) is 29.3 Å². The van der Waals surface area contributed by atoms with Gasteiger partial charge in [-0.3, -0.25) is 24.1 Å². The molecule has 8 rings (SSSR count). The summed E-state index contributed by atoms with van der Waals surface area (Å²) in [6.07, 6.45) is -4.42. The van der Waals surface area contributed by atoms with Crippen molar-refractivity contribution in [1.82, 2.24) is 14.8 Å². The number of hydrogen-bond acceptors (Lipinski definition) is 13. The van der Waals surface area contributed by atoms with E-state index in [0.717, 1.165) is 39.4 Å². The highest BCUT2D eigenvalue weighted by Crippen LogP contribution is 2.41. The van der Waals surface area contributed by atoms with E-state index in [-0.39, 0.29) is 87.9 Å². The molecule has 3 aliphatic rings. The molecule has 0 bridgehead atoms. The molecule has 0 aliphatic carbocycles. The van der Waals surface area contributed by atoms with Crippen molar-refractivity contribution in [3.05, 3.63) is 124 Å². The van der Waals surface area contributed by atoms with E-state index in [0.29, 0.717) is 53.1 Å². The number of benzene rings is 4. The lowest BCUT2D eigenvalue weighted by Gasteiger charge is -2.35. The Labute approximate surface area is 461 Å². The zero-order chi connectivity index (χ0) is 57.0. The fraction of sp³-hybridized carbons (Fsp3) is 0.441. The first-order chi connectivity index (χ1) is 37.5. The van der Waals surface area contributed by atoms with Crippen LogP contribution in [0.5, 0.6) is 11.5 Å². The van der Waals surface area contributed by atoms with E-state index in [1.165, 1.54) is 36.2 Å². The maximum Gasteiger partial charge on any atom is 0.417 e. The minimum absolute atomic E-state index is 0.0997. The third-order valence-electron chi connectivity index (χ3n) is 14.0. The molecule has 1 aromatic heterocycles. The topological polar surface area (TPSA) is 181 Å². The fourth-order valence-corrected chi connectivity index (χ4v) is 11.1. The number of likely N-dealkylation sites (tertiary alicyclic amines) is 1. The number of alkyl halides is 3. The number of thiazole rings is 1. The van der Waals surface area contributed by atoms with Crippen LogP contribution in [0.3, 0.4) is 0 Å². The van der Waals surface area contributed by atoms with E-state index < -0.39 is 52.5 Å². The molecule has 79 heavy (non-hydrogen) atoms. The number of halogens is 3. The number of carbonyl (C=O) groups is 5. The highest BCUT2D eigenvalue weighted by Gasteiger charge is 2.53. The highest BCUT2D eigenvalue weighted by atomic mass is 32.1. The van der Waals surface area contributed by atoms with Crippen molar-refractivity contribution in [2.75, 3.05) is 56.0 Å². The van der Waals surface area contributed by atoms with Gasteiger partial charge in [0.15, 0.2) is 5.78 Å². The quantitative estimate of drug-likeness (QED) is 0.0473. The smallest absolute Gasteiger partial charge is 0.417 e. The Morgan fingerprint density at radius 3 is 2.18 bits per heavy atom. The zero-order valence-electron chi connectivity index (χ0n) is 45.6. The number of anilines is 2. The molecule has 4 heterocycles. The molecule has 5 aromatic rings. The standard InChI is InChI=1S/C59H65F3N6O10S/c1-36(2)51(66-33-41-11-9-10-12-46(41)53(66)70)54(71)65-34-45(78-57(4,5)6)31-48(65)49(69)22-16-38-13-14-39(52-37(3)64-35-79-52)29-50(38)77-28-26-75-24-23-74-25-27-76-44-20-18-42(19-21-44)68-56(73)67(55(72)58(68,7)8)43-17-15-40(32-63)47(30-43)59(60,61)62/h9-15,17-21,29-30,35-36,45,48,51H,16,22-28,31,33-34H2,1-8H3/t45-,48?,51+/m1/s1. The van der Waals surface area contributed by atoms with E-state index in [2.05, 4.69) is 4.98 Å². The molecule has 0 saturated carbocycles. The minimum Gasteiger partial charge on any atom is -0.491 e. The zero-order valence-corrected chi connectivity index (χ0v) is 46.4. The molecule has 5 amide bonds. The normalized spacial score (nSPS) is 17.7. The van der Waals surface area contributed by atoms with Gasteiger partial charge in [0.2, 0.25) is 5.91 Å². The summed E-state index contributed by atoms with van der Waals surface area (Å²) in [6, 6.07) is 21.5. The number of Topliss-reactive ketones (excluding diaryl/α,β-unsaturated/α-hetero) is 1. The van der Waals surface area contributed by atoms with E-state index in [4.69, 9.17) is 23.7 Å².